The van der Waals surface area contributed by atoms with Crippen molar-refractivity contribution in [2.75, 3.05) is 5.73 Å². The van der Waals surface area contributed by atoms with E-state index in [2.05, 4.69) is 0 Å². The molecule has 4 saturated carbocycles. The predicted molar refractivity (Wildman–Crippen MR) is 74.9 cm³/mol. The number of nitrogens with two attached hydrogens (primary N) is 1. The van der Waals surface area contributed by atoms with Crippen LogP contribution in [0.25, 0.3) is 0 Å². The summed E-state index contributed by atoms with van der Waals surface area (Å²) in [5, 5.41) is 0. The number of anilines is 1. The molecule has 0 saturated heterocycles. The minimum absolute atomic E-state index is 0.0393. The second-order valence-electron chi connectivity index (χ2n) is 7.09. The van der Waals surface area contributed by atoms with Crippen molar-refractivity contribution in [1.29, 1.82) is 0 Å². The molecule has 0 radical (unpaired) electrons. The summed E-state index contributed by atoms with van der Waals surface area (Å²) in [5.74, 6) is 3.30. The Morgan fingerprint density at radius 3 is 2.00 bits per heavy atom. The Balaban J connectivity index is 1.81. The van der Waals surface area contributed by atoms with Gasteiger partial charge in [0.1, 0.15) is 5.69 Å². The lowest BCUT2D eigenvalue weighted by Gasteiger charge is -2.54. The van der Waals surface area contributed by atoms with Gasteiger partial charge in [0.15, 0.2) is 0 Å². The summed E-state index contributed by atoms with van der Waals surface area (Å²) in [4.78, 5) is 12.5. The Kier molecular flexibility index (Phi) is 2.25. The van der Waals surface area contributed by atoms with Gasteiger partial charge in [0.25, 0.3) is 5.56 Å². The van der Waals surface area contributed by atoms with Gasteiger partial charge in [-0.1, -0.05) is 0 Å². The molecule has 4 nitrogen and oxygen atoms in total. The van der Waals surface area contributed by atoms with Crippen molar-refractivity contribution in [3.05, 3.63) is 16.0 Å². The molecule has 0 aromatic carbocycles. The summed E-state index contributed by atoms with van der Waals surface area (Å²) in [6.07, 6.45) is 6.76. The summed E-state index contributed by atoms with van der Waals surface area (Å²) in [5.41, 5.74) is 7.34. The number of hydrogen-bond donors (Lipinski definition) is 1. The first-order valence-electron chi connectivity index (χ1n) is 7.59. The van der Waals surface area contributed by atoms with E-state index in [4.69, 9.17) is 5.73 Å². The average molecular weight is 261 g/mol. The molecule has 4 bridgehead atoms. The van der Waals surface area contributed by atoms with E-state index in [1.54, 1.807) is 0 Å². The third kappa shape index (κ3) is 1.43. The number of nitrogens with zero attached hydrogens (tertiary/aromatic N) is 2. The van der Waals surface area contributed by atoms with Crippen LogP contribution in [0.1, 0.15) is 43.8 Å². The summed E-state index contributed by atoms with van der Waals surface area (Å²) >= 11 is 0. The second kappa shape index (κ2) is 3.68. The highest BCUT2D eigenvalue weighted by atomic mass is 16.1. The summed E-state index contributed by atoms with van der Waals surface area (Å²) in [6.45, 7) is 1.95. The van der Waals surface area contributed by atoms with Crippen LogP contribution in [0.2, 0.25) is 0 Å². The fraction of sp³-hybridized carbons (Fsp3) is 0.800. The minimum Gasteiger partial charge on any atom is -0.393 e. The monoisotopic (exact) mass is 261 g/mol. The minimum atomic E-state index is 0.0393. The van der Waals surface area contributed by atoms with Gasteiger partial charge in [-0.2, -0.15) is 0 Å². The molecular weight excluding hydrogens is 238 g/mol. The Morgan fingerprint density at radius 1 is 1.05 bits per heavy atom. The molecule has 104 valence electrons. The number of aromatic nitrogens is 2. The van der Waals surface area contributed by atoms with Crippen molar-refractivity contribution in [3.63, 3.8) is 0 Å². The van der Waals surface area contributed by atoms with Crippen molar-refractivity contribution in [3.8, 4) is 0 Å². The summed E-state index contributed by atoms with van der Waals surface area (Å²) in [7, 11) is 1.98. The number of hydrogen-bond acceptors (Lipinski definition) is 2. The van der Waals surface area contributed by atoms with Crippen LogP contribution in [-0.2, 0) is 7.05 Å². The highest BCUT2D eigenvalue weighted by Gasteiger charge is 2.50. The van der Waals surface area contributed by atoms with Crippen LogP contribution >= 0.6 is 0 Å². The fourth-order valence-corrected chi connectivity index (χ4v) is 5.38. The molecule has 1 aromatic rings. The van der Waals surface area contributed by atoms with Gasteiger partial charge < -0.3 is 5.73 Å². The van der Waals surface area contributed by atoms with Gasteiger partial charge in [0.05, 0.1) is 11.7 Å². The van der Waals surface area contributed by atoms with E-state index in [-0.39, 0.29) is 5.56 Å². The standard InChI is InChI=1S/C15H23N3O/c1-8-13(16)15(19)18(17(8)2)14-11-4-9-3-10(6-11)7-12(14)5-9/h9-12,14H,3-7,16H2,1-2H3. The molecule has 0 amide bonds. The first-order chi connectivity index (χ1) is 9.06. The lowest BCUT2D eigenvalue weighted by atomic mass is 9.54. The Morgan fingerprint density at radius 2 is 1.58 bits per heavy atom. The van der Waals surface area contributed by atoms with Gasteiger partial charge in [-0.25, -0.2) is 4.68 Å². The highest BCUT2D eigenvalue weighted by Crippen LogP contribution is 2.58. The molecule has 2 N–H and O–H groups in total. The van der Waals surface area contributed by atoms with Gasteiger partial charge >= 0.3 is 0 Å². The molecular formula is C15H23N3O. The predicted octanol–water partition coefficient (Wildman–Crippen LogP) is 2.07. The van der Waals surface area contributed by atoms with E-state index in [9.17, 15) is 4.79 Å². The SMILES string of the molecule is Cc1c(N)c(=O)n(C2C3CC4CC(C3)CC2C4)n1C. The molecule has 4 heteroatoms. The topological polar surface area (TPSA) is 53.0 Å². The molecule has 1 heterocycles. The Bertz CT molecular complexity index is 555. The van der Waals surface area contributed by atoms with Crippen molar-refractivity contribution < 1.29 is 0 Å². The van der Waals surface area contributed by atoms with E-state index in [0.29, 0.717) is 23.6 Å². The van der Waals surface area contributed by atoms with Crippen LogP contribution in [0.15, 0.2) is 4.79 Å². The third-order valence-corrected chi connectivity index (χ3v) is 6.10. The first-order valence-corrected chi connectivity index (χ1v) is 7.59. The largest absolute Gasteiger partial charge is 0.393 e. The van der Waals surface area contributed by atoms with Crippen LogP contribution in [-0.4, -0.2) is 9.36 Å². The molecule has 4 fully saturated rings. The Hall–Kier alpha value is -1.19. The zero-order chi connectivity index (χ0) is 13.3. The van der Waals surface area contributed by atoms with E-state index < -0.39 is 0 Å². The number of rotatable bonds is 1. The molecule has 19 heavy (non-hydrogen) atoms. The van der Waals surface area contributed by atoms with Crippen LogP contribution in [0, 0.1) is 30.6 Å². The van der Waals surface area contributed by atoms with Crippen molar-refractivity contribution in [1.82, 2.24) is 9.36 Å². The van der Waals surface area contributed by atoms with Crippen molar-refractivity contribution in [2.24, 2.45) is 30.7 Å². The molecule has 4 aliphatic carbocycles. The molecule has 5 rings (SSSR count). The maximum Gasteiger partial charge on any atom is 0.290 e. The summed E-state index contributed by atoms with van der Waals surface area (Å²) in [6, 6.07) is 0.404. The molecule has 1 aromatic heterocycles. The van der Waals surface area contributed by atoms with Gasteiger partial charge in [0, 0.05) is 7.05 Å². The lowest BCUT2D eigenvalue weighted by Crippen LogP contribution is -2.49. The molecule has 0 unspecified atom stereocenters. The van der Waals surface area contributed by atoms with Crippen LogP contribution < -0.4 is 11.3 Å². The molecule has 0 spiro atoms. The van der Waals surface area contributed by atoms with Gasteiger partial charge in [-0.05, 0) is 62.7 Å². The van der Waals surface area contributed by atoms with E-state index in [0.717, 1.165) is 17.5 Å². The number of nitrogen functional groups attached to an aromatic ring is 1. The lowest BCUT2D eigenvalue weighted by molar-refractivity contribution is -0.0387. The fourth-order valence-electron chi connectivity index (χ4n) is 5.38. The van der Waals surface area contributed by atoms with Crippen LogP contribution in [0.4, 0.5) is 5.69 Å². The van der Waals surface area contributed by atoms with E-state index in [1.165, 1.54) is 32.1 Å². The van der Waals surface area contributed by atoms with Gasteiger partial charge in [0.2, 0.25) is 0 Å². The molecule has 4 aliphatic rings. The maximum absolute atomic E-state index is 12.5. The zero-order valence-electron chi connectivity index (χ0n) is 11.8. The highest BCUT2D eigenvalue weighted by molar-refractivity contribution is 5.40. The van der Waals surface area contributed by atoms with Crippen LogP contribution in [0.3, 0.4) is 0 Å². The van der Waals surface area contributed by atoms with E-state index in [1.807, 2.05) is 23.3 Å². The quantitative estimate of drug-likeness (QED) is 0.841. The smallest absolute Gasteiger partial charge is 0.290 e. The zero-order valence-corrected chi connectivity index (χ0v) is 11.8. The van der Waals surface area contributed by atoms with Gasteiger partial charge in [-0.15, -0.1) is 0 Å². The normalized spacial score (nSPS) is 40.0. The molecule has 0 atom stereocenters. The third-order valence-electron chi connectivity index (χ3n) is 6.10. The van der Waals surface area contributed by atoms with E-state index >= 15 is 0 Å². The molecule has 0 aliphatic heterocycles. The van der Waals surface area contributed by atoms with Gasteiger partial charge in [-0.3, -0.25) is 9.48 Å². The Labute approximate surface area is 113 Å². The first kappa shape index (κ1) is 11.6. The second-order valence-corrected chi connectivity index (χ2v) is 7.09. The average Bonchev–Trinajstić information content (AvgIpc) is 2.55. The van der Waals surface area contributed by atoms with Crippen LogP contribution in [0.5, 0.6) is 0 Å². The van der Waals surface area contributed by atoms with Crippen molar-refractivity contribution >= 4 is 5.69 Å². The maximum atomic E-state index is 12.5. The van der Waals surface area contributed by atoms with Crippen molar-refractivity contribution in [2.45, 2.75) is 45.1 Å². The summed E-state index contributed by atoms with van der Waals surface area (Å²) < 4.78 is 3.99.